The molecule has 0 radical (unpaired) electrons. The van der Waals surface area contributed by atoms with Crippen LogP contribution in [0.4, 0.5) is 34.1 Å². The molecule has 12 aromatic rings. The maximum Gasteiger partial charge on any atom is 0.248 e. The van der Waals surface area contributed by atoms with E-state index in [1.807, 2.05) is 146 Å². The zero-order valence-electron chi connectivity index (χ0n) is 37.5. The van der Waals surface area contributed by atoms with Crippen LogP contribution in [-0.4, -0.2) is 30.4 Å². The lowest BCUT2D eigenvalue weighted by Crippen LogP contribution is -2.10. The first kappa shape index (κ1) is 41.6. The van der Waals surface area contributed by atoms with Gasteiger partial charge in [-0.3, -0.25) is 0 Å². The summed E-state index contributed by atoms with van der Waals surface area (Å²) in [7, 11) is 0. The molecule has 70 heavy (non-hydrogen) atoms. The van der Waals surface area contributed by atoms with E-state index in [0.29, 0.717) is 23.6 Å². The quantitative estimate of drug-likeness (QED) is 0.117. The minimum Gasteiger partial charge on any atom is -0.416 e. The highest BCUT2D eigenvalue weighted by Gasteiger charge is 2.20. The Hall–Kier alpha value is -9.80. The van der Waals surface area contributed by atoms with E-state index in [1.54, 1.807) is 0 Å². The van der Waals surface area contributed by atoms with Gasteiger partial charge in [-0.25, -0.2) is 9.97 Å². The highest BCUT2D eigenvalue weighted by atomic mass is 16.4. The zero-order chi connectivity index (χ0) is 46.6. The van der Waals surface area contributed by atoms with E-state index in [0.717, 1.165) is 89.9 Å². The second kappa shape index (κ2) is 18.5. The minimum atomic E-state index is 0.460. The van der Waals surface area contributed by atoms with Crippen molar-refractivity contribution in [3.05, 3.63) is 243 Å². The van der Waals surface area contributed by atoms with Crippen molar-refractivity contribution < 1.29 is 8.83 Å². The molecule has 0 N–H and O–H groups in total. The number of hydrogen-bond acceptors (Lipinski definition) is 10. The summed E-state index contributed by atoms with van der Waals surface area (Å²) in [6.07, 6.45) is 0. The Balaban J connectivity index is 0.858. The van der Waals surface area contributed by atoms with Gasteiger partial charge in [-0.1, -0.05) is 109 Å². The Morgan fingerprint density at radius 2 is 0.471 bits per heavy atom. The van der Waals surface area contributed by atoms with E-state index in [4.69, 9.17) is 18.8 Å². The van der Waals surface area contributed by atoms with Crippen molar-refractivity contribution in [2.75, 3.05) is 9.80 Å². The van der Waals surface area contributed by atoms with Crippen LogP contribution in [0.3, 0.4) is 0 Å². The van der Waals surface area contributed by atoms with Gasteiger partial charge >= 0.3 is 0 Å². The first-order chi connectivity index (χ1) is 34.7. The Morgan fingerprint density at radius 1 is 0.229 bits per heavy atom. The summed E-state index contributed by atoms with van der Waals surface area (Å²) in [6, 6.07) is 81.6. The van der Waals surface area contributed by atoms with Crippen LogP contribution >= 0.6 is 0 Å². The molecule has 10 nitrogen and oxygen atoms in total. The molecule has 0 aliphatic heterocycles. The number of fused-ring (bicyclic) bond motifs is 1. The molecule has 3 aromatic heterocycles. The molecular formula is C60H40N8O2. The van der Waals surface area contributed by atoms with E-state index in [-0.39, 0.29) is 0 Å². The van der Waals surface area contributed by atoms with Crippen LogP contribution in [0.5, 0.6) is 0 Å². The van der Waals surface area contributed by atoms with Crippen LogP contribution in [0.2, 0.25) is 0 Å². The Bertz CT molecular complexity index is 3430. The Labute approximate surface area is 403 Å². The first-order valence-electron chi connectivity index (χ1n) is 22.9. The lowest BCUT2D eigenvalue weighted by Gasteiger charge is -2.26. The highest BCUT2D eigenvalue weighted by Crippen LogP contribution is 2.40. The van der Waals surface area contributed by atoms with Gasteiger partial charge in [-0.05, 0) is 133 Å². The largest absolute Gasteiger partial charge is 0.416 e. The fourth-order valence-electron chi connectivity index (χ4n) is 8.57. The third kappa shape index (κ3) is 8.33. The molecule has 0 aliphatic rings. The predicted octanol–water partition coefficient (Wildman–Crippen LogP) is 15.3. The van der Waals surface area contributed by atoms with Gasteiger partial charge in [0.1, 0.15) is 0 Å². The Kier molecular flexibility index (Phi) is 11.0. The summed E-state index contributed by atoms with van der Waals surface area (Å²) in [4.78, 5) is 15.0. The molecule has 0 atom stereocenters. The SMILES string of the molecule is c1ccc(-c2nnc(-c3ccc(N(c4ccccc4)c4ccc(-c5nc6ccccc6nc5-c5ccc(N(c6ccccc6)c6ccc(-c7nnc(-c8ccccc8)o7)cc6)cc5)cc4)cc3)o2)cc1. The molecular weight excluding hydrogens is 865 g/mol. The smallest absolute Gasteiger partial charge is 0.248 e. The predicted molar refractivity (Wildman–Crippen MR) is 277 cm³/mol. The lowest BCUT2D eigenvalue weighted by molar-refractivity contribution is 0.584. The summed E-state index contributed by atoms with van der Waals surface area (Å²) < 4.78 is 12.1. The molecule has 0 saturated carbocycles. The third-order valence-corrected chi connectivity index (χ3v) is 12.0. The number of para-hydroxylation sites is 4. The number of benzene rings is 9. The van der Waals surface area contributed by atoms with E-state index < -0.39 is 0 Å². The summed E-state index contributed by atoms with van der Waals surface area (Å²) >= 11 is 0. The van der Waals surface area contributed by atoms with E-state index >= 15 is 0 Å². The minimum absolute atomic E-state index is 0.460. The van der Waals surface area contributed by atoms with Crippen LogP contribution in [0.1, 0.15) is 0 Å². The maximum atomic E-state index is 6.07. The van der Waals surface area contributed by atoms with Crippen molar-refractivity contribution >= 4 is 45.2 Å². The number of nitrogens with zero attached hydrogens (tertiary/aromatic N) is 8. The second-order valence-corrected chi connectivity index (χ2v) is 16.5. The van der Waals surface area contributed by atoms with Gasteiger partial charge in [0.25, 0.3) is 0 Å². The fourth-order valence-corrected chi connectivity index (χ4v) is 8.57. The summed E-state index contributed by atoms with van der Waals surface area (Å²) in [5.74, 6) is 1.88. The van der Waals surface area contributed by atoms with Crippen molar-refractivity contribution in [2.24, 2.45) is 0 Å². The van der Waals surface area contributed by atoms with Gasteiger partial charge in [0.05, 0.1) is 22.4 Å². The molecule has 0 unspecified atom stereocenters. The third-order valence-electron chi connectivity index (χ3n) is 12.0. The van der Waals surface area contributed by atoms with Crippen molar-refractivity contribution in [1.29, 1.82) is 0 Å². The van der Waals surface area contributed by atoms with Gasteiger partial charge in [-0.15, -0.1) is 20.4 Å². The van der Waals surface area contributed by atoms with Gasteiger partial charge in [-0.2, -0.15) is 0 Å². The normalized spacial score (nSPS) is 11.1. The molecule has 332 valence electrons. The van der Waals surface area contributed by atoms with Gasteiger partial charge in [0.15, 0.2) is 0 Å². The zero-order valence-corrected chi connectivity index (χ0v) is 37.5. The molecule has 0 bridgehead atoms. The topological polar surface area (TPSA) is 110 Å². The molecule has 12 rings (SSSR count). The van der Waals surface area contributed by atoms with Crippen LogP contribution in [0, 0.1) is 0 Å². The van der Waals surface area contributed by atoms with Gasteiger partial charge < -0.3 is 18.6 Å². The molecule has 3 heterocycles. The van der Waals surface area contributed by atoms with Gasteiger partial charge in [0, 0.05) is 67.5 Å². The number of hydrogen-bond donors (Lipinski definition) is 0. The van der Waals surface area contributed by atoms with Crippen molar-refractivity contribution in [1.82, 2.24) is 30.4 Å². The number of aromatic nitrogens is 6. The standard InChI is InChI=1S/C60H40N8O2/c1-5-15-43(16-6-1)57-63-65-59(69-57)45-29-37-51(38-30-45)67(47-19-9-3-10-20-47)49-33-25-41(26-34-49)55-56(62-54-24-14-13-23-53(54)61-55)42-27-35-50(36-28-42)68(48-21-11-4-12-22-48)52-39-31-46(32-40-52)60-66-64-58(70-60)44-17-7-2-8-18-44/h1-40H. The second-order valence-electron chi connectivity index (χ2n) is 16.5. The van der Waals surface area contributed by atoms with Crippen LogP contribution < -0.4 is 9.80 Å². The van der Waals surface area contributed by atoms with E-state index in [9.17, 15) is 0 Å². The van der Waals surface area contributed by atoms with E-state index in [1.165, 1.54) is 0 Å². The lowest BCUT2D eigenvalue weighted by atomic mass is 10.0. The fraction of sp³-hybridized carbons (Fsp3) is 0. The van der Waals surface area contributed by atoms with E-state index in [2.05, 4.69) is 127 Å². The monoisotopic (exact) mass is 904 g/mol. The van der Waals surface area contributed by atoms with Crippen LogP contribution in [0.25, 0.3) is 79.4 Å². The number of rotatable bonds is 12. The molecule has 0 saturated heterocycles. The summed E-state index contributed by atoms with van der Waals surface area (Å²) in [5.41, 5.74) is 14.5. The molecule has 0 spiro atoms. The summed E-state index contributed by atoms with van der Waals surface area (Å²) in [6.45, 7) is 0. The number of anilines is 6. The molecule has 0 fully saturated rings. The average Bonchev–Trinajstić information content (AvgIpc) is 4.15. The van der Waals surface area contributed by atoms with Crippen molar-refractivity contribution in [3.63, 3.8) is 0 Å². The average molecular weight is 905 g/mol. The molecule has 9 aromatic carbocycles. The first-order valence-corrected chi connectivity index (χ1v) is 22.9. The molecule has 0 aliphatic carbocycles. The molecule has 0 amide bonds. The van der Waals surface area contributed by atoms with Crippen molar-refractivity contribution in [2.45, 2.75) is 0 Å². The van der Waals surface area contributed by atoms with Crippen LogP contribution in [-0.2, 0) is 0 Å². The molecule has 10 heteroatoms. The van der Waals surface area contributed by atoms with Gasteiger partial charge in [0.2, 0.25) is 23.6 Å². The maximum absolute atomic E-state index is 6.07. The summed E-state index contributed by atoms with van der Waals surface area (Å²) in [5, 5.41) is 17.3. The Morgan fingerprint density at radius 3 is 0.786 bits per heavy atom. The van der Waals surface area contributed by atoms with Crippen molar-refractivity contribution in [3.8, 4) is 68.3 Å². The van der Waals surface area contributed by atoms with Crippen LogP contribution in [0.15, 0.2) is 251 Å². The highest BCUT2D eigenvalue weighted by molar-refractivity contribution is 5.88.